The van der Waals surface area contributed by atoms with Gasteiger partial charge in [0.05, 0.1) is 36.0 Å². The Bertz CT molecular complexity index is 1560. The molecule has 0 amide bonds. The maximum atomic E-state index is 14.7. The molecule has 11 heteroatoms. The number of para-hydroxylation sites is 2. The monoisotopic (exact) mass is 559 g/mol. The van der Waals surface area contributed by atoms with E-state index < -0.39 is 30.1 Å². The molecule has 2 N–H and O–H groups in total. The normalized spacial score (nSPS) is 16.6. The predicted octanol–water partition coefficient (Wildman–Crippen LogP) is 4.50. The highest BCUT2D eigenvalue weighted by molar-refractivity contribution is 5.83. The molecule has 0 aliphatic carbocycles. The molecule has 2 atom stereocenters. The number of alkyl halides is 3. The number of hydrogen-bond acceptors (Lipinski definition) is 5. The van der Waals surface area contributed by atoms with Crippen LogP contribution in [-0.2, 0) is 12.7 Å². The molecule has 5 rings (SSSR count). The van der Waals surface area contributed by atoms with Crippen molar-refractivity contribution >= 4 is 16.7 Å². The van der Waals surface area contributed by atoms with Gasteiger partial charge in [-0.1, -0.05) is 36.4 Å². The van der Waals surface area contributed by atoms with E-state index >= 15 is 0 Å². The minimum absolute atomic E-state index is 0.0867. The molecule has 0 spiro atoms. The fourth-order valence-electron chi connectivity index (χ4n) is 5.44. The molecule has 0 radical (unpaired) electrons. The number of anilines is 1. The molecule has 1 aromatic heterocycles. The summed E-state index contributed by atoms with van der Waals surface area (Å²) in [5.41, 5.74) is 0.483. The first-order chi connectivity index (χ1) is 19.1. The lowest BCUT2D eigenvalue weighted by atomic mass is 10.1. The third-order valence-electron chi connectivity index (χ3n) is 7.27. The van der Waals surface area contributed by atoms with Crippen LogP contribution in [0.4, 0.5) is 23.2 Å². The smallest absolute Gasteiger partial charge is 0.416 e. The van der Waals surface area contributed by atoms with E-state index in [2.05, 4.69) is 0 Å². The number of aliphatic hydroxyl groups excluding tert-OH is 2. The number of aliphatic hydroxyl groups is 2. The van der Waals surface area contributed by atoms with Crippen molar-refractivity contribution in [3.63, 3.8) is 0 Å². The highest BCUT2D eigenvalue weighted by Crippen LogP contribution is 2.36. The summed E-state index contributed by atoms with van der Waals surface area (Å²) in [5.74, 6) is -0.178. The average molecular weight is 560 g/mol. The van der Waals surface area contributed by atoms with Crippen molar-refractivity contribution in [3.05, 3.63) is 93.7 Å². The first-order valence-electron chi connectivity index (χ1n) is 12.9. The standard InChI is InChI=1S/C29H29F4N3O4/c1-18-6-4-9-23(30)26(18)34-13-12-20(15-34)36-24-10-5-11-25(40-17-21(38)16-37)27(24)35(28(36)39)14-19-7-2-3-8-22(19)29(31,32)33/h2-11,20-21,37-38H,12-17H2,1H3. The van der Waals surface area contributed by atoms with Gasteiger partial charge in [-0.15, -0.1) is 0 Å². The van der Waals surface area contributed by atoms with Crippen LogP contribution in [0.1, 0.15) is 29.2 Å². The number of aromatic nitrogens is 2. The Balaban J connectivity index is 1.62. The third kappa shape index (κ3) is 5.18. The molecule has 7 nitrogen and oxygen atoms in total. The number of benzene rings is 3. The first kappa shape index (κ1) is 27.7. The van der Waals surface area contributed by atoms with Gasteiger partial charge < -0.3 is 19.8 Å². The van der Waals surface area contributed by atoms with Gasteiger partial charge in [0.1, 0.15) is 29.8 Å². The summed E-state index contributed by atoms with van der Waals surface area (Å²) in [6.45, 7) is 1.43. The fraction of sp³-hybridized carbons (Fsp3) is 0.345. The second-order valence-electron chi connectivity index (χ2n) is 9.96. The van der Waals surface area contributed by atoms with Crippen molar-refractivity contribution in [1.29, 1.82) is 0 Å². The van der Waals surface area contributed by atoms with Gasteiger partial charge in [0.15, 0.2) is 0 Å². The van der Waals surface area contributed by atoms with Crippen molar-refractivity contribution in [2.24, 2.45) is 0 Å². The van der Waals surface area contributed by atoms with Gasteiger partial charge in [0.25, 0.3) is 0 Å². The van der Waals surface area contributed by atoms with E-state index in [1.807, 2.05) is 17.9 Å². The fourth-order valence-corrected chi connectivity index (χ4v) is 5.44. The molecule has 4 aromatic rings. The molecular weight excluding hydrogens is 530 g/mol. The molecule has 1 saturated heterocycles. The number of halogens is 4. The highest BCUT2D eigenvalue weighted by atomic mass is 19.4. The van der Waals surface area contributed by atoms with E-state index in [9.17, 15) is 32.6 Å². The lowest BCUT2D eigenvalue weighted by molar-refractivity contribution is -0.138. The van der Waals surface area contributed by atoms with Crippen LogP contribution in [0, 0.1) is 12.7 Å². The van der Waals surface area contributed by atoms with Crippen LogP contribution < -0.4 is 15.3 Å². The van der Waals surface area contributed by atoms with E-state index in [1.54, 1.807) is 24.3 Å². The Morgan fingerprint density at radius 2 is 1.82 bits per heavy atom. The zero-order valence-corrected chi connectivity index (χ0v) is 21.7. The molecule has 1 aliphatic rings. The molecule has 2 heterocycles. The van der Waals surface area contributed by atoms with Crippen LogP contribution in [-0.4, -0.2) is 51.8 Å². The maximum Gasteiger partial charge on any atom is 0.416 e. The molecule has 0 bridgehead atoms. The molecule has 1 aliphatic heterocycles. The molecule has 1 fully saturated rings. The quantitative estimate of drug-likeness (QED) is 0.311. The summed E-state index contributed by atoms with van der Waals surface area (Å²) >= 11 is 0. The maximum absolute atomic E-state index is 14.7. The Morgan fingerprint density at radius 1 is 1.07 bits per heavy atom. The van der Waals surface area contributed by atoms with Crippen LogP contribution >= 0.6 is 0 Å². The van der Waals surface area contributed by atoms with Crippen molar-refractivity contribution in [2.75, 3.05) is 31.2 Å². The third-order valence-corrected chi connectivity index (χ3v) is 7.27. The van der Waals surface area contributed by atoms with Crippen molar-refractivity contribution in [1.82, 2.24) is 9.13 Å². The number of ether oxygens (including phenoxy) is 1. The van der Waals surface area contributed by atoms with Gasteiger partial charge in [-0.25, -0.2) is 9.18 Å². The molecule has 2 unspecified atom stereocenters. The second-order valence-corrected chi connectivity index (χ2v) is 9.96. The summed E-state index contributed by atoms with van der Waals surface area (Å²) in [4.78, 5) is 15.8. The SMILES string of the molecule is Cc1cccc(F)c1N1CCC(n2c(=O)n(Cc3ccccc3C(F)(F)F)c3c(OCC(O)CO)cccc32)C1. The minimum Gasteiger partial charge on any atom is -0.489 e. The van der Waals surface area contributed by atoms with Gasteiger partial charge in [-0.3, -0.25) is 9.13 Å². The Hall–Kier alpha value is -3.83. The topological polar surface area (TPSA) is 79.9 Å². The highest BCUT2D eigenvalue weighted by Gasteiger charge is 2.34. The van der Waals surface area contributed by atoms with Crippen LogP contribution in [0.25, 0.3) is 11.0 Å². The number of imidazole rings is 1. The van der Waals surface area contributed by atoms with Gasteiger partial charge in [0, 0.05) is 13.1 Å². The van der Waals surface area contributed by atoms with Crippen molar-refractivity contribution in [3.8, 4) is 5.75 Å². The largest absolute Gasteiger partial charge is 0.489 e. The minimum atomic E-state index is -4.62. The lowest BCUT2D eigenvalue weighted by Gasteiger charge is -2.22. The van der Waals surface area contributed by atoms with Gasteiger partial charge >= 0.3 is 11.9 Å². The van der Waals surface area contributed by atoms with Crippen LogP contribution in [0.5, 0.6) is 5.75 Å². The molecular formula is C29H29F4N3O4. The Morgan fingerprint density at radius 3 is 2.55 bits per heavy atom. The molecule has 40 heavy (non-hydrogen) atoms. The van der Waals surface area contributed by atoms with Crippen molar-refractivity contribution < 1.29 is 32.5 Å². The summed E-state index contributed by atoms with van der Waals surface area (Å²) < 4.78 is 64.7. The number of nitrogens with zero attached hydrogens (tertiary/aromatic N) is 3. The number of rotatable bonds is 8. The van der Waals surface area contributed by atoms with Crippen LogP contribution in [0.3, 0.4) is 0 Å². The molecule has 212 valence electrons. The Kier molecular flexibility index (Phi) is 7.61. The van der Waals surface area contributed by atoms with Crippen LogP contribution in [0.15, 0.2) is 65.5 Å². The summed E-state index contributed by atoms with van der Waals surface area (Å²) in [7, 11) is 0. The summed E-state index contributed by atoms with van der Waals surface area (Å²) in [6, 6.07) is 14.4. The zero-order chi connectivity index (χ0) is 28.6. The number of fused-ring (bicyclic) bond motifs is 1. The van der Waals surface area contributed by atoms with Gasteiger partial charge in [-0.05, 0) is 48.7 Å². The van der Waals surface area contributed by atoms with E-state index in [0.717, 1.165) is 11.6 Å². The number of aryl methyl sites for hydroxylation is 1. The van der Waals surface area contributed by atoms with Crippen molar-refractivity contribution in [2.45, 2.75) is 38.2 Å². The molecule has 0 saturated carbocycles. The lowest BCUT2D eigenvalue weighted by Crippen LogP contribution is -2.30. The van der Waals surface area contributed by atoms with E-state index in [1.165, 1.54) is 33.4 Å². The van der Waals surface area contributed by atoms with Crippen LogP contribution in [0.2, 0.25) is 0 Å². The van der Waals surface area contributed by atoms with Gasteiger partial charge in [0.2, 0.25) is 0 Å². The second kappa shape index (κ2) is 11.0. The van der Waals surface area contributed by atoms with E-state index in [0.29, 0.717) is 30.7 Å². The average Bonchev–Trinajstić information content (AvgIpc) is 3.49. The summed E-state index contributed by atoms with van der Waals surface area (Å²) in [5, 5.41) is 19.0. The van der Waals surface area contributed by atoms with E-state index in [4.69, 9.17) is 4.74 Å². The first-order valence-corrected chi connectivity index (χ1v) is 12.9. The Labute approximate surface area is 227 Å². The van der Waals surface area contributed by atoms with E-state index in [-0.39, 0.29) is 41.8 Å². The van der Waals surface area contributed by atoms with Gasteiger partial charge in [-0.2, -0.15) is 13.2 Å². The summed E-state index contributed by atoms with van der Waals surface area (Å²) in [6.07, 6.45) is -5.29. The molecule has 3 aromatic carbocycles. The zero-order valence-electron chi connectivity index (χ0n) is 21.7. The predicted molar refractivity (Wildman–Crippen MR) is 142 cm³/mol. The number of hydrogen-bond donors (Lipinski definition) is 2.